The van der Waals surface area contributed by atoms with Crippen LogP contribution in [-0.4, -0.2) is 14.5 Å². The molecule has 3 nitrogen and oxygen atoms in total. The molecule has 274 valence electrons. The average molecular weight is 750 g/mol. The van der Waals surface area contributed by atoms with Crippen molar-refractivity contribution in [3.05, 3.63) is 212 Å². The van der Waals surface area contributed by atoms with Crippen LogP contribution in [0.1, 0.15) is 0 Å². The van der Waals surface area contributed by atoms with Crippen LogP contribution in [0.25, 0.3) is 116 Å². The fraction of sp³-hybridized carbons (Fsp3) is 0. The van der Waals surface area contributed by atoms with Crippen molar-refractivity contribution < 1.29 is 0 Å². The average Bonchev–Trinajstić information content (AvgIpc) is 3.62. The van der Waals surface area contributed by atoms with Gasteiger partial charge in [0, 0.05) is 21.7 Å². The lowest BCUT2D eigenvalue weighted by Gasteiger charge is -2.14. The van der Waals surface area contributed by atoms with Crippen molar-refractivity contribution in [2.45, 2.75) is 0 Å². The molecule has 0 amide bonds. The highest BCUT2D eigenvalue weighted by molar-refractivity contribution is 6.14. The summed E-state index contributed by atoms with van der Waals surface area (Å²) in [5.41, 5.74) is 12.1. The molecule has 0 atom stereocenters. The number of rotatable bonds is 5. The Morgan fingerprint density at radius 1 is 0.288 bits per heavy atom. The molecule has 2 aromatic heterocycles. The molecular formula is C56H35N3. The Morgan fingerprint density at radius 3 is 1.66 bits per heavy atom. The fourth-order valence-corrected chi connectivity index (χ4v) is 8.99. The third kappa shape index (κ3) is 5.59. The topological polar surface area (TPSA) is 30.7 Å². The lowest BCUT2D eigenvalue weighted by molar-refractivity contribution is 1.01. The molecule has 0 spiro atoms. The van der Waals surface area contributed by atoms with Gasteiger partial charge in [-0.05, 0) is 108 Å². The molecule has 0 saturated heterocycles. The monoisotopic (exact) mass is 749 g/mol. The van der Waals surface area contributed by atoms with Crippen LogP contribution in [0.15, 0.2) is 212 Å². The van der Waals surface area contributed by atoms with Crippen LogP contribution < -0.4 is 0 Å². The van der Waals surface area contributed by atoms with Crippen LogP contribution in [-0.2, 0) is 0 Å². The molecule has 0 aliphatic carbocycles. The molecule has 10 aromatic carbocycles. The second-order valence-corrected chi connectivity index (χ2v) is 15.4. The molecular weight excluding hydrogens is 715 g/mol. The van der Waals surface area contributed by atoms with E-state index in [9.17, 15) is 0 Å². The smallest absolute Gasteiger partial charge is 0.235 e. The van der Waals surface area contributed by atoms with Crippen molar-refractivity contribution in [1.82, 2.24) is 14.5 Å². The lowest BCUT2D eigenvalue weighted by atomic mass is 9.97. The van der Waals surface area contributed by atoms with Crippen molar-refractivity contribution in [3.63, 3.8) is 0 Å². The maximum Gasteiger partial charge on any atom is 0.235 e. The first-order valence-corrected chi connectivity index (χ1v) is 20.1. The quantitative estimate of drug-likeness (QED) is 0.175. The van der Waals surface area contributed by atoms with Gasteiger partial charge in [-0.15, -0.1) is 0 Å². The van der Waals surface area contributed by atoms with E-state index in [0.717, 1.165) is 55.1 Å². The van der Waals surface area contributed by atoms with Crippen LogP contribution in [0, 0.1) is 0 Å². The minimum atomic E-state index is 0.645. The SMILES string of the molecule is c1ccc(-c2ccc(-c3ccc4c(c3)c3cc5ccccc5cc3n4-c3nc(-c4cccc5ccccc45)c4ccc(-c5ccc6ccccc6c5)cc4n3)cc2)cc1. The summed E-state index contributed by atoms with van der Waals surface area (Å²) in [5, 5.41) is 10.5. The minimum absolute atomic E-state index is 0.645. The van der Waals surface area contributed by atoms with E-state index in [1.165, 1.54) is 54.6 Å². The number of fused-ring (bicyclic) bond motifs is 7. The number of hydrogen-bond donors (Lipinski definition) is 0. The molecule has 3 heteroatoms. The van der Waals surface area contributed by atoms with Crippen LogP contribution in [0.3, 0.4) is 0 Å². The number of hydrogen-bond acceptors (Lipinski definition) is 2. The normalized spacial score (nSPS) is 11.7. The highest BCUT2D eigenvalue weighted by atomic mass is 15.2. The van der Waals surface area contributed by atoms with Gasteiger partial charge in [0.25, 0.3) is 0 Å². The Labute approximate surface area is 341 Å². The molecule has 0 aliphatic rings. The number of nitrogens with zero attached hydrogens (tertiary/aromatic N) is 3. The summed E-state index contributed by atoms with van der Waals surface area (Å²) in [6.07, 6.45) is 0. The van der Waals surface area contributed by atoms with E-state index >= 15 is 0 Å². The Balaban J connectivity index is 1.11. The predicted octanol–water partition coefficient (Wildman–Crippen LogP) is 14.9. The molecule has 0 saturated carbocycles. The van der Waals surface area contributed by atoms with E-state index in [0.29, 0.717) is 5.95 Å². The fourth-order valence-electron chi connectivity index (χ4n) is 8.99. The molecule has 12 aromatic rings. The second-order valence-electron chi connectivity index (χ2n) is 15.4. The molecule has 0 fully saturated rings. The van der Waals surface area contributed by atoms with E-state index in [1.54, 1.807) is 0 Å². The van der Waals surface area contributed by atoms with Crippen LogP contribution in [0.4, 0.5) is 0 Å². The molecule has 0 unspecified atom stereocenters. The van der Waals surface area contributed by atoms with Crippen LogP contribution in [0.2, 0.25) is 0 Å². The van der Waals surface area contributed by atoms with Crippen molar-refractivity contribution in [2.75, 3.05) is 0 Å². The number of benzene rings is 10. The van der Waals surface area contributed by atoms with E-state index in [4.69, 9.17) is 9.97 Å². The maximum atomic E-state index is 5.56. The first kappa shape index (κ1) is 33.3. The summed E-state index contributed by atoms with van der Waals surface area (Å²) in [5.74, 6) is 0.645. The molecule has 12 rings (SSSR count). The summed E-state index contributed by atoms with van der Waals surface area (Å²) in [6, 6.07) is 76.5. The standard InChI is InChI=1S/C56H35N3/c1-2-11-36(12-3-1)38-21-23-39(24-22-38)45-28-30-53-50(33-45)51-32-42-16-6-7-17-43(42)35-54(51)59(53)56-57-52-34-46(44-26-25-37-13-4-5-15-41(37)31-44)27-29-49(52)55(58-56)48-20-10-18-40-14-8-9-19-47(40)48/h1-35H. The zero-order valence-electron chi connectivity index (χ0n) is 32.0. The van der Waals surface area contributed by atoms with E-state index in [-0.39, 0.29) is 0 Å². The Hall–Kier alpha value is -7.88. The van der Waals surface area contributed by atoms with Crippen molar-refractivity contribution in [1.29, 1.82) is 0 Å². The van der Waals surface area contributed by atoms with Gasteiger partial charge in [0.2, 0.25) is 5.95 Å². The van der Waals surface area contributed by atoms with E-state index < -0.39 is 0 Å². The summed E-state index contributed by atoms with van der Waals surface area (Å²) in [4.78, 5) is 11.0. The second kappa shape index (κ2) is 13.4. The lowest BCUT2D eigenvalue weighted by Crippen LogP contribution is -2.04. The zero-order valence-corrected chi connectivity index (χ0v) is 32.0. The van der Waals surface area contributed by atoms with Gasteiger partial charge in [-0.1, -0.05) is 170 Å². The Bertz CT molecular complexity index is 3600. The largest absolute Gasteiger partial charge is 0.278 e. The zero-order chi connectivity index (χ0) is 38.9. The van der Waals surface area contributed by atoms with Gasteiger partial charge in [0.15, 0.2) is 0 Å². The molecule has 0 N–H and O–H groups in total. The highest BCUT2D eigenvalue weighted by Crippen LogP contribution is 2.40. The van der Waals surface area contributed by atoms with Crippen molar-refractivity contribution in [3.8, 4) is 50.6 Å². The van der Waals surface area contributed by atoms with Crippen molar-refractivity contribution in [2.24, 2.45) is 0 Å². The maximum absolute atomic E-state index is 5.56. The van der Waals surface area contributed by atoms with Gasteiger partial charge in [-0.25, -0.2) is 9.97 Å². The van der Waals surface area contributed by atoms with Crippen LogP contribution >= 0.6 is 0 Å². The molecule has 0 aliphatic heterocycles. The summed E-state index contributed by atoms with van der Waals surface area (Å²) < 4.78 is 2.27. The van der Waals surface area contributed by atoms with Gasteiger partial charge < -0.3 is 0 Å². The first-order valence-electron chi connectivity index (χ1n) is 20.1. The molecule has 59 heavy (non-hydrogen) atoms. The van der Waals surface area contributed by atoms with Gasteiger partial charge in [0.05, 0.1) is 22.2 Å². The molecule has 2 heterocycles. The van der Waals surface area contributed by atoms with Gasteiger partial charge in [0.1, 0.15) is 0 Å². The summed E-state index contributed by atoms with van der Waals surface area (Å²) in [7, 11) is 0. The molecule has 0 bridgehead atoms. The van der Waals surface area contributed by atoms with E-state index in [2.05, 4.69) is 217 Å². The van der Waals surface area contributed by atoms with Gasteiger partial charge >= 0.3 is 0 Å². The predicted molar refractivity (Wildman–Crippen MR) is 248 cm³/mol. The summed E-state index contributed by atoms with van der Waals surface area (Å²) >= 11 is 0. The summed E-state index contributed by atoms with van der Waals surface area (Å²) in [6.45, 7) is 0. The first-order chi connectivity index (χ1) is 29.2. The highest BCUT2D eigenvalue weighted by Gasteiger charge is 2.20. The van der Waals surface area contributed by atoms with E-state index in [1.807, 2.05) is 0 Å². The van der Waals surface area contributed by atoms with Gasteiger partial charge in [-0.3, -0.25) is 4.57 Å². The Morgan fingerprint density at radius 2 is 0.847 bits per heavy atom. The Kier molecular flexibility index (Phi) is 7.54. The third-order valence-electron chi connectivity index (χ3n) is 12.0. The van der Waals surface area contributed by atoms with Crippen LogP contribution in [0.5, 0.6) is 0 Å². The van der Waals surface area contributed by atoms with Gasteiger partial charge in [-0.2, -0.15) is 0 Å². The van der Waals surface area contributed by atoms with Crippen molar-refractivity contribution >= 4 is 65.0 Å². The third-order valence-corrected chi connectivity index (χ3v) is 12.0. The number of aromatic nitrogens is 3. The molecule has 0 radical (unpaired) electrons. The minimum Gasteiger partial charge on any atom is -0.278 e.